The SMILES string of the molecule is CC[C@@H]1CN(S(C)(=O)=O)CC[C@@H]1NCC1CC1. The van der Waals surface area contributed by atoms with Crippen molar-refractivity contribution in [2.75, 3.05) is 25.9 Å². The van der Waals surface area contributed by atoms with Gasteiger partial charge in [0.25, 0.3) is 0 Å². The summed E-state index contributed by atoms with van der Waals surface area (Å²) in [6.45, 7) is 4.65. The summed E-state index contributed by atoms with van der Waals surface area (Å²) in [5.74, 6) is 1.36. The Morgan fingerprint density at radius 3 is 2.53 bits per heavy atom. The third kappa shape index (κ3) is 3.66. The lowest BCUT2D eigenvalue weighted by molar-refractivity contribution is 0.202. The maximum atomic E-state index is 11.5. The third-order valence-electron chi connectivity index (χ3n) is 4.06. The van der Waals surface area contributed by atoms with Crippen molar-refractivity contribution in [3.8, 4) is 0 Å². The van der Waals surface area contributed by atoms with E-state index in [4.69, 9.17) is 0 Å². The smallest absolute Gasteiger partial charge is 0.211 e. The van der Waals surface area contributed by atoms with Gasteiger partial charge in [0.05, 0.1) is 6.26 Å². The van der Waals surface area contributed by atoms with E-state index in [9.17, 15) is 8.42 Å². The highest BCUT2D eigenvalue weighted by molar-refractivity contribution is 7.88. The summed E-state index contributed by atoms with van der Waals surface area (Å²) in [6.07, 6.45) is 6.06. The van der Waals surface area contributed by atoms with Gasteiger partial charge >= 0.3 is 0 Å². The molecule has 2 rings (SSSR count). The fourth-order valence-electron chi connectivity index (χ4n) is 2.62. The Morgan fingerprint density at radius 1 is 1.29 bits per heavy atom. The minimum atomic E-state index is -3.01. The second kappa shape index (κ2) is 5.24. The number of nitrogens with one attached hydrogen (secondary N) is 1. The van der Waals surface area contributed by atoms with Crippen molar-refractivity contribution in [3.63, 3.8) is 0 Å². The summed E-state index contributed by atoms with van der Waals surface area (Å²) < 4.78 is 24.7. The molecule has 1 N–H and O–H groups in total. The quantitative estimate of drug-likeness (QED) is 0.804. The van der Waals surface area contributed by atoms with E-state index in [1.807, 2.05) is 0 Å². The molecule has 0 aromatic rings. The first-order valence-electron chi connectivity index (χ1n) is 6.69. The summed E-state index contributed by atoms with van der Waals surface area (Å²) in [6, 6.07) is 0.513. The molecule has 100 valence electrons. The molecule has 0 radical (unpaired) electrons. The number of nitrogens with zero attached hydrogens (tertiary/aromatic N) is 1. The second-order valence-corrected chi connectivity index (χ2v) is 7.52. The van der Waals surface area contributed by atoms with Crippen molar-refractivity contribution in [1.82, 2.24) is 9.62 Å². The number of piperidine rings is 1. The maximum Gasteiger partial charge on any atom is 0.211 e. The lowest BCUT2D eigenvalue weighted by Crippen LogP contribution is -2.50. The number of rotatable bonds is 5. The van der Waals surface area contributed by atoms with Crippen LogP contribution in [0.15, 0.2) is 0 Å². The fourth-order valence-corrected chi connectivity index (χ4v) is 3.52. The zero-order valence-corrected chi connectivity index (χ0v) is 11.7. The Morgan fingerprint density at radius 2 is 2.00 bits per heavy atom. The molecular formula is C12H24N2O2S. The van der Waals surface area contributed by atoms with E-state index in [1.165, 1.54) is 19.1 Å². The van der Waals surface area contributed by atoms with E-state index >= 15 is 0 Å². The van der Waals surface area contributed by atoms with Crippen LogP contribution in [0.25, 0.3) is 0 Å². The van der Waals surface area contributed by atoms with E-state index in [1.54, 1.807) is 4.31 Å². The van der Waals surface area contributed by atoms with Crippen molar-refractivity contribution in [2.45, 2.75) is 38.6 Å². The lowest BCUT2D eigenvalue weighted by Gasteiger charge is -2.37. The molecule has 0 amide bonds. The minimum absolute atomic E-state index is 0.470. The van der Waals surface area contributed by atoms with Gasteiger partial charge in [-0.3, -0.25) is 0 Å². The van der Waals surface area contributed by atoms with Crippen LogP contribution in [0.1, 0.15) is 32.6 Å². The molecule has 2 fully saturated rings. The molecule has 0 unspecified atom stereocenters. The molecule has 1 aliphatic carbocycles. The van der Waals surface area contributed by atoms with Crippen LogP contribution in [0.5, 0.6) is 0 Å². The Kier molecular flexibility index (Phi) is 4.10. The van der Waals surface area contributed by atoms with Gasteiger partial charge in [-0.2, -0.15) is 0 Å². The molecule has 1 saturated heterocycles. The van der Waals surface area contributed by atoms with Crippen LogP contribution in [0.3, 0.4) is 0 Å². The van der Waals surface area contributed by atoms with Gasteiger partial charge in [-0.1, -0.05) is 13.3 Å². The van der Waals surface area contributed by atoms with Gasteiger partial charge in [0, 0.05) is 19.1 Å². The van der Waals surface area contributed by atoms with Crippen LogP contribution in [-0.4, -0.2) is 44.7 Å². The monoisotopic (exact) mass is 260 g/mol. The highest BCUT2D eigenvalue weighted by atomic mass is 32.2. The molecule has 4 nitrogen and oxygen atoms in total. The molecule has 2 atom stereocenters. The van der Waals surface area contributed by atoms with Gasteiger partial charge in [-0.05, 0) is 37.6 Å². The van der Waals surface area contributed by atoms with Crippen molar-refractivity contribution in [2.24, 2.45) is 11.8 Å². The van der Waals surface area contributed by atoms with Crippen LogP contribution in [0, 0.1) is 11.8 Å². The van der Waals surface area contributed by atoms with Gasteiger partial charge in [0.2, 0.25) is 10.0 Å². The summed E-state index contributed by atoms with van der Waals surface area (Å²) in [5, 5.41) is 3.64. The molecule has 5 heteroatoms. The molecule has 1 aliphatic heterocycles. The Labute approximate surface area is 105 Å². The first kappa shape index (κ1) is 13.3. The molecule has 1 heterocycles. The van der Waals surface area contributed by atoms with Crippen LogP contribution in [0.2, 0.25) is 0 Å². The number of sulfonamides is 1. The van der Waals surface area contributed by atoms with E-state index < -0.39 is 10.0 Å². The average Bonchev–Trinajstić information content (AvgIpc) is 3.08. The minimum Gasteiger partial charge on any atom is -0.313 e. The average molecular weight is 260 g/mol. The molecule has 0 aromatic heterocycles. The largest absolute Gasteiger partial charge is 0.313 e. The van der Waals surface area contributed by atoms with Crippen molar-refractivity contribution in [3.05, 3.63) is 0 Å². The summed E-state index contributed by atoms with van der Waals surface area (Å²) >= 11 is 0. The first-order chi connectivity index (χ1) is 8.00. The molecule has 1 saturated carbocycles. The third-order valence-corrected chi connectivity index (χ3v) is 5.33. The van der Waals surface area contributed by atoms with E-state index in [0.29, 0.717) is 25.0 Å². The summed E-state index contributed by atoms with van der Waals surface area (Å²) in [7, 11) is -3.01. The van der Waals surface area contributed by atoms with E-state index in [0.717, 1.165) is 25.3 Å². The maximum absolute atomic E-state index is 11.5. The molecule has 0 bridgehead atoms. The number of hydrogen-bond acceptors (Lipinski definition) is 3. The number of hydrogen-bond donors (Lipinski definition) is 1. The fraction of sp³-hybridized carbons (Fsp3) is 1.00. The summed E-state index contributed by atoms with van der Waals surface area (Å²) in [5.41, 5.74) is 0. The Hall–Kier alpha value is -0.130. The highest BCUT2D eigenvalue weighted by Crippen LogP contribution is 2.29. The van der Waals surface area contributed by atoms with Crippen LogP contribution in [-0.2, 0) is 10.0 Å². The van der Waals surface area contributed by atoms with E-state index in [2.05, 4.69) is 12.2 Å². The predicted molar refractivity (Wildman–Crippen MR) is 69.3 cm³/mol. The predicted octanol–water partition coefficient (Wildman–Crippen LogP) is 1.05. The van der Waals surface area contributed by atoms with Crippen LogP contribution < -0.4 is 5.32 Å². The molecule has 0 aromatic carbocycles. The van der Waals surface area contributed by atoms with Crippen molar-refractivity contribution >= 4 is 10.0 Å². The zero-order valence-electron chi connectivity index (χ0n) is 10.9. The van der Waals surface area contributed by atoms with Gasteiger partial charge in [-0.25, -0.2) is 12.7 Å². The Bertz CT molecular complexity index is 352. The normalized spacial score (nSPS) is 31.6. The zero-order chi connectivity index (χ0) is 12.5. The standard InChI is InChI=1S/C12H24N2O2S/c1-3-11-9-14(17(2,15)16)7-6-12(11)13-8-10-4-5-10/h10-13H,3-9H2,1-2H3/t11-,12+/m1/s1. The van der Waals surface area contributed by atoms with Gasteiger partial charge < -0.3 is 5.32 Å². The molecule has 17 heavy (non-hydrogen) atoms. The highest BCUT2D eigenvalue weighted by Gasteiger charge is 2.32. The first-order valence-corrected chi connectivity index (χ1v) is 8.54. The van der Waals surface area contributed by atoms with Gasteiger partial charge in [-0.15, -0.1) is 0 Å². The lowest BCUT2D eigenvalue weighted by atomic mass is 9.91. The second-order valence-electron chi connectivity index (χ2n) is 5.54. The van der Waals surface area contributed by atoms with Crippen molar-refractivity contribution < 1.29 is 8.42 Å². The molecular weight excluding hydrogens is 236 g/mol. The van der Waals surface area contributed by atoms with Crippen molar-refractivity contribution in [1.29, 1.82) is 0 Å². The topological polar surface area (TPSA) is 49.4 Å². The summed E-state index contributed by atoms with van der Waals surface area (Å²) in [4.78, 5) is 0. The Balaban J connectivity index is 1.88. The van der Waals surface area contributed by atoms with Crippen LogP contribution >= 0.6 is 0 Å². The van der Waals surface area contributed by atoms with Gasteiger partial charge in [0.15, 0.2) is 0 Å². The molecule has 2 aliphatic rings. The molecule has 0 spiro atoms. The van der Waals surface area contributed by atoms with E-state index in [-0.39, 0.29) is 0 Å². The van der Waals surface area contributed by atoms with Gasteiger partial charge in [0.1, 0.15) is 0 Å². The van der Waals surface area contributed by atoms with Crippen LogP contribution in [0.4, 0.5) is 0 Å².